The summed E-state index contributed by atoms with van der Waals surface area (Å²) in [5, 5.41) is 6.72. The number of rotatable bonds is 6. The average Bonchev–Trinajstić information content (AvgIpc) is 3.29. The summed E-state index contributed by atoms with van der Waals surface area (Å²) in [4.78, 5) is 17.1. The van der Waals surface area contributed by atoms with E-state index in [0.717, 1.165) is 17.1 Å². The first-order valence-corrected chi connectivity index (χ1v) is 8.94. The molecule has 0 aliphatic carbocycles. The van der Waals surface area contributed by atoms with Crippen molar-refractivity contribution in [1.82, 2.24) is 9.88 Å². The average molecular weight is 371 g/mol. The minimum absolute atomic E-state index is 0.182. The predicted molar refractivity (Wildman–Crippen MR) is 102 cm³/mol. The van der Waals surface area contributed by atoms with Gasteiger partial charge in [-0.1, -0.05) is 17.3 Å². The van der Waals surface area contributed by atoms with Crippen LogP contribution in [0.1, 0.15) is 27.2 Å². The molecule has 1 atom stereocenters. The number of nitrogens with zero attached hydrogens (tertiary/aromatic N) is 2. The van der Waals surface area contributed by atoms with E-state index in [1.165, 1.54) is 0 Å². The number of hydrogen-bond acceptors (Lipinski definition) is 5. The number of amides is 1. The van der Waals surface area contributed by atoms with Crippen molar-refractivity contribution in [2.75, 3.05) is 13.2 Å². The number of alkyl carbamates (subject to hydrolysis) is 1. The monoisotopic (exact) mass is 371 g/mol. The summed E-state index contributed by atoms with van der Waals surface area (Å²) in [6.07, 6.45) is 3.89. The quantitative estimate of drug-likeness (QED) is 0.843. The van der Waals surface area contributed by atoms with Gasteiger partial charge in [-0.2, -0.15) is 0 Å². The summed E-state index contributed by atoms with van der Waals surface area (Å²) in [5.41, 5.74) is 1.20. The van der Waals surface area contributed by atoms with E-state index in [4.69, 9.17) is 14.3 Å². The Morgan fingerprint density at radius 1 is 1.26 bits per heavy atom. The predicted octanol–water partition coefficient (Wildman–Crippen LogP) is 3.53. The molecule has 0 fully saturated rings. The van der Waals surface area contributed by atoms with Gasteiger partial charge < -0.3 is 24.2 Å². The first kappa shape index (κ1) is 18.8. The van der Waals surface area contributed by atoms with E-state index < -0.39 is 11.7 Å². The van der Waals surface area contributed by atoms with Crippen LogP contribution in [0.5, 0.6) is 5.75 Å². The number of carbonyl (C=O) groups excluding carboxylic acids is 1. The molecule has 2 aromatic rings. The van der Waals surface area contributed by atoms with Gasteiger partial charge in [-0.25, -0.2) is 4.79 Å². The normalized spacial score (nSPS) is 16.4. The molecule has 1 aromatic heterocycles. The van der Waals surface area contributed by atoms with Gasteiger partial charge in [0, 0.05) is 18.8 Å². The smallest absolute Gasteiger partial charge is 0.407 e. The fourth-order valence-electron chi connectivity index (χ4n) is 2.64. The molecule has 2 heterocycles. The Labute approximate surface area is 158 Å². The zero-order valence-electron chi connectivity index (χ0n) is 15.8. The number of nitrogens with one attached hydrogen (secondary N) is 1. The van der Waals surface area contributed by atoms with E-state index in [1.54, 1.807) is 0 Å². The molecule has 7 nitrogen and oxygen atoms in total. The third-order valence-electron chi connectivity index (χ3n) is 3.80. The van der Waals surface area contributed by atoms with Crippen LogP contribution in [0.4, 0.5) is 4.79 Å². The van der Waals surface area contributed by atoms with Crippen molar-refractivity contribution in [3.63, 3.8) is 0 Å². The molecule has 3 rings (SSSR count). The van der Waals surface area contributed by atoms with Crippen LogP contribution in [0.3, 0.4) is 0 Å². The van der Waals surface area contributed by atoms with Gasteiger partial charge >= 0.3 is 6.09 Å². The summed E-state index contributed by atoms with van der Waals surface area (Å²) in [6, 6.07) is 11.8. The lowest BCUT2D eigenvalue weighted by Gasteiger charge is -2.19. The molecule has 1 N–H and O–H groups in total. The van der Waals surface area contributed by atoms with Crippen molar-refractivity contribution in [2.45, 2.75) is 38.9 Å². The van der Waals surface area contributed by atoms with Gasteiger partial charge in [-0.3, -0.25) is 0 Å². The molecule has 144 valence electrons. The van der Waals surface area contributed by atoms with Crippen molar-refractivity contribution in [2.24, 2.45) is 5.16 Å². The number of aromatic nitrogens is 1. The van der Waals surface area contributed by atoms with E-state index in [0.29, 0.717) is 19.6 Å². The maximum atomic E-state index is 11.7. The van der Waals surface area contributed by atoms with Crippen LogP contribution >= 0.6 is 0 Å². The van der Waals surface area contributed by atoms with E-state index in [9.17, 15) is 4.79 Å². The molecule has 0 saturated carbocycles. The van der Waals surface area contributed by atoms with Crippen molar-refractivity contribution >= 4 is 11.8 Å². The Balaban J connectivity index is 1.46. The third kappa shape index (κ3) is 5.51. The fourth-order valence-corrected chi connectivity index (χ4v) is 2.64. The topological polar surface area (TPSA) is 74.1 Å². The van der Waals surface area contributed by atoms with Crippen molar-refractivity contribution in [3.8, 4) is 11.4 Å². The first-order chi connectivity index (χ1) is 12.9. The largest absolute Gasteiger partial charge is 0.487 e. The molecule has 1 aromatic carbocycles. The van der Waals surface area contributed by atoms with Crippen LogP contribution in [0.15, 0.2) is 53.9 Å². The first-order valence-electron chi connectivity index (χ1n) is 8.94. The number of benzene rings is 1. The molecule has 0 spiro atoms. The van der Waals surface area contributed by atoms with E-state index >= 15 is 0 Å². The third-order valence-corrected chi connectivity index (χ3v) is 3.80. The number of carbonyl (C=O) groups is 1. The minimum atomic E-state index is -0.526. The van der Waals surface area contributed by atoms with Gasteiger partial charge in [-0.15, -0.1) is 0 Å². The standard InChI is InChI=1S/C20H25N3O4/c1-20(2,3)26-19(24)21-13-15-12-16(27-22-15)14-25-18-9-5-4-8-17(18)23-10-6-7-11-23/h4-11,16H,12-14H2,1-3H3,(H,21,24). The number of oxime groups is 1. The lowest BCUT2D eigenvalue weighted by atomic mass is 10.2. The second-order valence-electron chi connectivity index (χ2n) is 7.31. The molecule has 1 aliphatic heterocycles. The highest BCUT2D eigenvalue weighted by Gasteiger charge is 2.23. The zero-order valence-corrected chi connectivity index (χ0v) is 15.8. The van der Waals surface area contributed by atoms with Crippen LogP contribution < -0.4 is 10.1 Å². The van der Waals surface area contributed by atoms with E-state index in [2.05, 4.69) is 10.5 Å². The Morgan fingerprint density at radius 3 is 2.74 bits per heavy atom. The molecule has 1 unspecified atom stereocenters. The molecule has 0 bridgehead atoms. The minimum Gasteiger partial charge on any atom is -0.487 e. The van der Waals surface area contributed by atoms with Gasteiger partial charge in [-0.05, 0) is 45.0 Å². The molecule has 27 heavy (non-hydrogen) atoms. The summed E-state index contributed by atoms with van der Waals surface area (Å²) in [7, 11) is 0. The number of hydrogen-bond donors (Lipinski definition) is 1. The van der Waals surface area contributed by atoms with Crippen molar-refractivity contribution in [1.29, 1.82) is 0 Å². The van der Waals surface area contributed by atoms with Crippen LogP contribution in [0.25, 0.3) is 5.69 Å². The summed E-state index contributed by atoms with van der Waals surface area (Å²) in [6.45, 7) is 6.13. The lowest BCUT2D eigenvalue weighted by molar-refractivity contribution is 0.0470. The summed E-state index contributed by atoms with van der Waals surface area (Å²) >= 11 is 0. The van der Waals surface area contributed by atoms with Crippen LogP contribution in [-0.2, 0) is 9.57 Å². The van der Waals surface area contributed by atoms with Gasteiger partial charge in [0.05, 0.1) is 17.9 Å². The highest BCUT2D eigenvalue weighted by atomic mass is 16.7. The Bertz CT molecular complexity index is 794. The zero-order chi connectivity index (χ0) is 19.3. The maximum Gasteiger partial charge on any atom is 0.407 e. The Hall–Kier alpha value is -2.96. The van der Waals surface area contributed by atoms with Gasteiger partial charge in [0.2, 0.25) is 0 Å². The molecular weight excluding hydrogens is 346 g/mol. The molecule has 0 saturated heterocycles. The van der Waals surface area contributed by atoms with Gasteiger partial charge in [0.1, 0.15) is 18.0 Å². The van der Waals surface area contributed by atoms with Crippen LogP contribution in [0.2, 0.25) is 0 Å². The SMILES string of the molecule is CC(C)(C)OC(=O)NCC1=NOC(COc2ccccc2-n2cccc2)C1. The van der Waals surface area contributed by atoms with Crippen LogP contribution in [-0.4, -0.2) is 41.2 Å². The highest BCUT2D eigenvalue weighted by molar-refractivity contribution is 5.89. The number of ether oxygens (including phenoxy) is 2. The second-order valence-corrected chi connectivity index (χ2v) is 7.31. The molecule has 1 amide bonds. The molecule has 7 heteroatoms. The van der Waals surface area contributed by atoms with E-state index in [1.807, 2.05) is 74.1 Å². The number of para-hydroxylation sites is 2. The molecule has 0 radical (unpaired) electrons. The van der Waals surface area contributed by atoms with Gasteiger partial charge in [0.15, 0.2) is 6.10 Å². The molecular formula is C20H25N3O4. The van der Waals surface area contributed by atoms with Crippen molar-refractivity contribution < 1.29 is 19.1 Å². The summed E-state index contributed by atoms with van der Waals surface area (Å²) in [5.74, 6) is 0.776. The fraction of sp³-hybridized carbons (Fsp3) is 0.400. The lowest BCUT2D eigenvalue weighted by Crippen LogP contribution is -2.35. The maximum absolute atomic E-state index is 11.7. The Kier molecular flexibility index (Phi) is 5.69. The van der Waals surface area contributed by atoms with Crippen molar-refractivity contribution in [3.05, 3.63) is 48.8 Å². The van der Waals surface area contributed by atoms with Crippen LogP contribution in [0, 0.1) is 0 Å². The highest BCUT2D eigenvalue weighted by Crippen LogP contribution is 2.23. The Morgan fingerprint density at radius 2 is 2.00 bits per heavy atom. The molecule has 1 aliphatic rings. The summed E-state index contributed by atoms with van der Waals surface area (Å²) < 4.78 is 13.2. The van der Waals surface area contributed by atoms with E-state index in [-0.39, 0.29) is 6.10 Å². The van der Waals surface area contributed by atoms with Gasteiger partial charge in [0.25, 0.3) is 0 Å². The second kappa shape index (κ2) is 8.16.